The molecule has 29 heavy (non-hydrogen) atoms. The van der Waals surface area contributed by atoms with E-state index in [0.29, 0.717) is 6.07 Å². The Hall–Kier alpha value is -2.43. The van der Waals surface area contributed by atoms with Gasteiger partial charge in [-0.15, -0.1) is 0 Å². The summed E-state index contributed by atoms with van der Waals surface area (Å²) in [4.78, 5) is 3.06. The normalized spacial score (nSPS) is 13.4. The summed E-state index contributed by atoms with van der Waals surface area (Å²) in [7, 11) is -3.12. The molecule has 3 rings (SSSR count). The van der Waals surface area contributed by atoms with Crippen molar-refractivity contribution in [3.05, 3.63) is 82.6 Å². The lowest BCUT2D eigenvalue weighted by Gasteiger charge is -2.21. The number of hydrogen-bond acceptors (Lipinski definition) is 3. The predicted octanol–water partition coefficient (Wildman–Crippen LogP) is 4.30. The number of nitrogens with zero attached hydrogens (tertiary/aromatic N) is 2. The van der Waals surface area contributed by atoms with Crippen molar-refractivity contribution in [2.24, 2.45) is 7.05 Å². The van der Waals surface area contributed by atoms with Gasteiger partial charge in [-0.1, -0.05) is 23.7 Å². The topological polar surface area (TPSA) is 64.0 Å². The van der Waals surface area contributed by atoms with Crippen LogP contribution in [0.1, 0.15) is 23.0 Å². The number of benzene rings is 2. The average Bonchev–Trinajstić information content (AvgIpc) is 3.04. The summed E-state index contributed by atoms with van der Waals surface area (Å²) in [6.45, 7) is 0. The van der Waals surface area contributed by atoms with Gasteiger partial charge in [0.2, 0.25) is 10.0 Å². The van der Waals surface area contributed by atoms with Gasteiger partial charge in [0.15, 0.2) is 0 Å². The fourth-order valence-electron chi connectivity index (χ4n) is 2.79. The van der Waals surface area contributed by atoms with Gasteiger partial charge in [-0.2, -0.15) is 17.9 Å². The van der Waals surface area contributed by atoms with Gasteiger partial charge in [0.05, 0.1) is 10.5 Å². The largest absolute Gasteiger partial charge is 0.417 e. The standard InChI is InChI=1S/C18H14ClF4N3O2S/c1-26-8-7-24-17(26)16(11-3-2-4-13(20)9-11)25-29(27,28)15-6-5-12(19)10-14(15)18(21,22)23/h2-10,16,25H,1H3. The lowest BCUT2D eigenvalue weighted by atomic mass is 10.1. The predicted molar refractivity (Wildman–Crippen MR) is 98.2 cm³/mol. The molecule has 0 amide bonds. The molecule has 154 valence electrons. The first-order valence-corrected chi connectivity index (χ1v) is 9.97. The van der Waals surface area contributed by atoms with Crippen molar-refractivity contribution in [2.75, 3.05) is 0 Å². The van der Waals surface area contributed by atoms with Crippen molar-refractivity contribution < 1.29 is 26.0 Å². The smallest absolute Gasteiger partial charge is 0.336 e. The third kappa shape index (κ3) is 4.60. The Balaban J connectivity index is 2.12. The maximum absolute atomic E-state index is 13.7. The Bertz CT molecular complexity index is 1150. The maximum Gasteiger partial charge on any atom is 0.417 e. The van der Waals surface area contributed by atoms with Crippen LogP contribution in [0.4, 0.5) is 17.6 Å². The van der Waals surface area contributed by atoms with E-state index in [-0.39, 0.29) is 16.4 Å². The van der Waals surface area contributed by atoms with Crippen molar-refractivity contribution in [1.29, 1.82) is 0 Å². The van der Waals surface area contributed by atoms with Gasteiger partial charge in [-0.25, -0.2) is 17.8 Å². The number of hydrogen-bond donors (Lipinski definition) is 1. The first-order valence-electron chi connectivity index (χ1n) is 8.11. The van der Waals surface area contributed by atoms with E-state index in [2.05, 4.69) is 9.71 Å². The van der Waals surface area contributed by atoms with Crippen LogP contribution in [0.25, 0.3) is 0 Å². The van der Waals surface area contributed by atoms with Gasteiger partial charge >= 0.3 is 6.18 Å². The molecule has 0 saturated heterocycles. The molecule has 0 aliphatic heterocycles. The maximum atomic E-state index is 13.7. The van der Waals surface area contributed by atoms with Crippen molar-refractivity contribution in [3.63, 3.8) is 0 Å². The zero-order valence-electron chi connectivity index (χ0n) is 14.8. The Labute approximate surface area is 169 Å². The second-order valence-corrected chi connectivity index (χ2v) is 8.26. The molecule has 1 N–H and O–H groups in total. The number of halogens is 5. The molecule has 0 aliphatic carbocycles. The van der Waals surface area contributed by atoms with Crippen LogP contribution in [0.3, 0.4) is 0 Å². The van der Waals surface area contributed by atoms with Crippen LogP contribution in [0.15, 0.2) is 59.8 Å². The highest BCUT2D eigenvalue weighted by molar-refractivity contribution is 7.89. The number of nitrogens with one attached hydrogen (secondary N) is 1. The molecule has 0 saturated carbocycles. The average molecular weight is 448 g/mol. The summed E-state index contributed by atoms with van der Waals surface area (Å²) >= 11 is 5.62. The van der Waals surface area contributed by atoms with Crippen LogP contribution >= 0.6 is 11.6 Å². The second kappa shape index (κ2) is 7.77. The highest BCUT2D eigenvalue weighted by atomic mass is 35.5. The zero-order valence-corrected chi connectivity index (χ0v) is 16.4. The molecule has 0 fully saturated rings. The van der Waals surface area contributed by atoms with Gasteiger partial charge < -0.3 is 4.57 Å². The molecular formula is C18H14ClF4N3O2S. The van der Waals surface area contributed by atoms with Crippen molar-refractivity contribution >= 4 is 21.6 Å². The van der Waals surface area contributed by atoms with E-state index in [1.54, 1.807) is 7.05 Å². The van der Waals surface area contributed by atoms with Crippen molar-refractivity contribution in [2.45, 2.75) is 17.1 Å². The van der Waals surface area contributed by atoms with Crippen LogP contribution in [-0.4, -0.2) is 18.0 Å². The summed E-state index contributed by atoms with van der Waals surface area (Å²) in [5.74, 6) is -0.468. The molecule has 1 unspecified atom stereocenters. The second-order valence-electron chi connectivity index (χ2n) is 6.14. The Morgan fingerprint density at radius 1 is 1.17 bits per heavy atom. The third-order valence-electron chi connectivity index (χ3n) is 4.11. The summed E-state index contributed by atoms with van der Waals surface area (Å²) in [5, 5.41) is -0.262. The molecule has 0 bridgehead atoms. The summed E-state index contributed by atoms with van der Waals surface area (Å²) < 4.78 is 83.4. The van der Waals surface area contributed by atoms with E-state index < -0.39 is 38.5 Å². The van der Waals surface area contributed by atoms with Gasteiger partial charge in [0.1, 0.15) is 17.7 Å². The van der Waals surface area contributed by atoms with Gasteiger partial charge in [0, 0.05) is 24.5 Å². The highest BCUT2D eigenvalue weighted by Crippen LogP contribution is 2.36. The number of sulfonamides is 1. The number of alkyl halides is 3. The molecule has 2 aromatic carbocycles. The minimum absolute atomic E-state index is 0.168. The van der Waals surface area contributed by atoms with Crippen LogP contribution in [0, 0.1) is 5.82 Å². The summed E-state index contributed by atoms with van der Waals surface area (Å²) in [6, 6.07) is 6.16. The van der Waals surface area contributed by atoms with Crippen LogP contribution in [-0.2, 0) is 23.2 Å². The first-order chi connectivity index (χ1) is 13.5. The molecule has 5 nitrogen and oxygen atoms in total. The van der Waals surface area contributed by atoms with Gasteiger partial charge in [-0.3, -0.25) is 0 Å². The van der Waals surface area contributed by atoms with E-state index in [1.165, 1.54) is 29.1 Å². The lowest BCUT2D eigenvalue weighted by molar-refractivity contribution is -0.139. The fourth-order valence-corrected chi connectivity index (χ4v) is 4.35. The van der Waals surface area contributed by atoms with E-state index >= 15 is 0 Å². The Kier molecular flexibility index (Phi) is 5.70. The van der Waals surface area contributed by atoms with Gasteiger partial charge in [-0.05, 0) is 35.9 Å². The molecule has 1 aromatic heterocycles. The number of rotatable bonds is 5. The molecule has 0 aliphatic rings. The molecule has 11 heteroatoms. The molecule has 1 atom stereocenters. The van der Waals surface area contributed by atoms with Crippen molar-refractivity contribution in [1.82, 2.24) is 14.3 Å². The minimum Gasteiger partial charge on any atom is -0.336 e. The van der Waals surface area contributed by atoms with E-state index in [1.807, 2.05) is 0 Å². The molecule has 0 radical (unpaired) electrons. The van der Waals surface area contributed by atoms with E-state index in [0.717, 1.165) is 24.3 Å². The monoisotopic (exact) mass is 447 g/mol. The number of aromatic nitrogens is 2. The Morgan fingerprint density at radius 2 is 1.90 bits per heavy atom. The van der Waals surface area contributed by atoms with Gasteiger partial charge in [0.25, 0.3) is 0 Å². The Morgan fingerprint density at radius 3 is 2.48 bits per heavy atom. The molecular weight excluding hydrogens is 434 g/mol. The van der Waals surface area contributed by atoms with Crippen LogP contribution in [0.2, 0.25) is 5.02 Å². The first kappa shape index (κ1) is 21.3. The van der Waals surface area contributed by atoms with Crippen LogP contribution in [0.5, 0.6) is 0 Å². The molecule has 1 heterocycles. The van der Waals surface area contributed by atoms with E-state index in [9.17, 15) is 26.0 Å². The molecule has 0 spiro atoms. The number of aryl methyl sites for hydroxylation is 1. The SMILES string of the molecule is Cn1ccnc1C(NS(=O)(=O)c1ccc(Cl)cc1C(F)(F)F)c1cccc(F)c1. The quantitative estimate of drug-likeness (QED) is 0.593. The number of imidazole rings is 1. The van der Waals surface area contributed by atoms with E-state index in [4.69, 9.17) is 11.6 Å². The summed E-state index contributed by atoms with van der Waals surface area (Å²) in [5.41, 5.74) is -1.24. The highest BCUT2D eigenvalue weighted by Gasteiger charge is 2.38. The zero-order chi connectivity index (χ0) is 21.4. The lowest BCUT2D eigenvalue weighted by Crippen LogP contribution is -2.32. The summed E-state index contributed by atoms with van der Waals surface area (Å²) in [6.07, 6.45) is -2.04. The minimum atomic E-state index is -4.95. The molecule has 3 aromatic rings. The van der Waals surface area contributed by atoms with Crippen LogP contribution < -0.4 is 4.72 Å². The van der Waals surface area contributed by atoms with Crippen molar-refractivity contribution in [3.8, 4) is 0 Å². The fraction of sp³-hybridized carbons (Fsp3) is 0.167. The third-order valence-corrected chi connectivity index (χ3v) is 5.82.